The Morgan fingerprint density at radius 2 is 1.71 bits per heavy atom. The summed E-state index contributed by atoms with van der Waals surface area (Å²) in [7, 11) is 0. The molecule has 2 unspecified atom stereocenters. The zero-order chi connectivity index (χ0) is 21.4. The molecule has 5 saturated carbocycles. The summed E-state index contributed by atoms with van der Waals surface area (Å²) in [4.78, 5) is 16.5. The van der Waals surface area contributed by atoms with E-state index >= 15 is 0 Å². The number of thioether (sulfide) groups is 1. The predicted molar refractivity (Wildman–Crippen MR) is 128 cm³/mol. The van der Waals surface area contributed by atoms with E-state index in [4.69, 9.17) is 5.73 Å². The molecule has 0 spiro atoms. The largest absolute Gasteiger partial charge is 0.342 e. The number of nitrogens with zero attached hydrogens (tertiary/aromatic N) is 1. The average molecular weight is 439 g/mol. The van der Waals surface area contributed by atoms with Crippen molar-refractivity contribution in [2.45, 2.75) is 87.2 Å². The molecule has 1 aliphatic heterocycles. The molecule has 1 aromatic carbocycles. The van der Waals surface area contributed by atoms with E-state index in [0.717, 1.165) is 49.3 Å². The van der Waals surface area contributed by atoms with Gasteiger partial charge < -0.3 is 10.6 Å². The Bertz CT molecular complexity index is 847. The van der Waals surface area contributed by atoms with Gasteiger partial charge in [0.05, 0.1) is 5.41 Å². The molecule has 1 saturated heterocycles. The molecule has 3 atom stereocenters. The molecule has 1 heterocycles. The van der Waals surface area contributed by atoms with Gasteiger partial charge in [-0.05, 0) is 79.6 Å². The van der Waals surface area contributed by atoms with E-state index in [0.29, 0.717) is 17.7 Å². The van der Waals surface area contributed by atoms with Crippen molar-refractivity contribution in [1.29, 1.82) is 0 Å². The fourth-order valence-corrected chi connectivity index (χ4v) is 9.70. The van der Waals surface area contributed by atoms with Crippen LogP contribution in [0.15, 0.2) is 30.3 Å². The van der Waals surface area contributed by atoms with Crippen molar-refractivity contribution < 1.29 is 4.79 Å². The van der Waals surface area contributed by atoms with Gasteiger partial charge in [-0.3, -0.25) is 4.79 Å². The third-order valence-corrected chi connectivity index (χ3v) is 11.5. The second kappa shape index (κ2) is 7.00. The van der Waals surface area contributed by atoms with Gasteiger partial charge in [0.25, 0.3) is 0 Å². The van der Waals surface area contributed by atoms with Gasteiger partial charge in [0.1, 0.15) is 0 Å². The second-order valence-corrected chi connectivity index (χ2v) is 13.8. The monoisotopic (exact) mass is 438 g/mol. The van der Waals surface area contributed by atoms with Crippen LogP contribution in [-0.4, -0.2) is 40.4 Å². The molecule has 5 aliphatic carbocycles. The fraction of sp³-hybridized carbons (Fsp3) is 0.741. The van der Waals surface area contributed by atoms with E-state index in [9.17, 15) is 4.79 Å². The Balaban J connectivity index is 1.34. The maximum Gasteiger partial charge on any atom is 0.228 e. The molecular formula is C27H38N2OS. The SMILES string of the molecule is CC1(C)CN(C(=O)C23CC4CC(c5ccccc5)(CC(C2)C4SC2CC2)C3)CC[C@@H]1N. The number of rotatable bonds is 4. The van der Waals surface area contributed by atoms with Crippen LogP contribution in [0.5, 0.6) is 0 Å². The van der Waals surface area contributed by atoms with E-state index < -0.39 is 0 Å². The van der Waals surface area contributed by atoms with Crippen molar-refractivity contribution in [3.8, 4) is 0 Å². The summed E-state index contributed by atoms with van der Waals surface area (Å²) < 4.78 is 0. The van der Waals surface area contributed by atoms with Crippen molar-refractivity contribution in [1.82, 2.24) is 4.90 Å². The number of nitrogens with two attached hydrogens (primary N) is 1. The lowest BCUT2D eigenvalue weighted by molar-refractivity contribution is -0.162. The van der Waals surface area contributed by atoms with E-state index in [1.54, 1.807) is 0 Å². The van der Waals surface area contributed by atoms with E-state index in [2.05, 4.69) is 60.8 Å². The summed E-state index contributed by atoms with van der Waals surface area (Å²) in [5.41, 5.74) is 7.99. The van der Waals surface area contributed by atoms with E-state index in [-0.39, 0.29) is 22.3 Å². The summed E-state index contributed by atoms with van der Waals surface area (Å²) in [6.07, 6.45) is 9.68. The number of carbonyl (C=O) groups excluding carboxylic acids is 1. The lowest BCUT2D eigenvalue weighted by Gasteiger charge is -2.65. The molecule has 6 fully saturated rings. The minimum Gasteiger partial charge on any atom is -0.342 e. The zero-order valence-electron chi connectivity index (χ0n) is 19.2. The number of hydrogen-bond donors (Lipinski definition) is 1. The van der Waals surface area contributed by atoms with Crippen LogP contribution in [0.3, 0.4) is 0 Å². The molecule has 4 heteroatoms. The number of benzene rings is 1. The maximum absolute atomic E-state index is 14.2. The quantitative estimate of drug-likeness (QED) is 0.721. The maximum atomic E-state index is 14.2. The average Bonchev–Trinajstić information content (AvgIpc) is 3.57. The van der Waals surface area contributed by atoms with Crippen LogP contribution in [0.2, 0.25) is 0 Å². The van der Waals surface area contributed by atoms with Crippen LogP contribution in [0, 0.1) is 22.7 Å². The molecule has 0 radical (unpaired) electrons. The van der Waals surface area contributed by atoms with Crippen molar-refractivity contribution in [3.05, 3.63) is 35.9 Å². The highest BCUT2D eigenvalue weighted by Crippen LogP contribution is 2.69. The third kappa shape index (κ3) is 3.30. The number of carbonyl (C=O) groups is 1. The first-order valence-electron chi connectivity index (χ1n) is 12.6. The lowest BCUT2D eigenvalue weighted by atomic mass is 9.42. The van der Waals surface area contributed by atoms with Crippen molar-refractivity contribution in [2.75, 3.05) is 13.1 Å². The van der Waals surface area contributed by atoms with Gasteiger partial charge in [0.15, 0.2) is 0 Å². The number of likely N-dealkylation sites (tertiary alicyclic amines) is 1. The van der Waals surface area contributed by atoms with Crippen LogP contribution < -0.4 is 5.73 Å². The van der Waals surface area contributed by atoms with Gasteiger partial charge in [0, 0.05) is 29.6 Å². The van der Waals surface area contributed by atoms with Crippen LogP contribution in [-0.2, 0) is 10.2 Å². The fourth-order valence-electron chi connectivity index (χ4n) is 8.02. The Labute approximate surface area is 191 Å². The van der Waals surface area contributed by atoms with Crippen molar-refractivity contribution >= 4 is 17.7 Å². The predicted octanol–water partition coefficient (Wildman–Crippen LogP) is 4.98. The third-order valence-electron chi connectivity index (χ3n) is 9.53. The molecule has 7 rings (SSSR count). The second-order valence-electron chi connectivity index (χ2n) is 12.4. The van der Waals surface area contributed by atoms with Gasteiger partial charge in [0.2, 0.25) is 5.91 Å². The van der Waals surface area contributed by atoms with Gasteiger partial charge >= 0.3 is 0 Å². The minimum atomic E-state index is -0.139. The highest BCUT2D eigenvalue weighted by Gasteiger charge is 2.65. The molecule has 0 aromatic heterocycles. The molecule has 3 nitrogen and oxygen atoms in total. The Morgan fingerprint density at radius 3 is 2.32 bits per heavy atom. The van der Waals surface area contributed by atoms with Crippen molar-refractivity contribution in [3.63, 3.8) is 0 Å². The molecule has 6 aliphatic rings. The van der Waals surface area contributed by atoms with Crippen LogP contribution in [0.25, 0.3) is 0 Å². The summed E-state index contributed by atoms with van der Waals surface area (Å²) in [6.45, 7) is 6.15. The number of hydrogen-bond acceptors (Lipinski definition) is 3. The van der Waals surface area contributed by atoms with Gasteiger partial charge in [-0.15, -0.1) is 0 Å². The molecule has 2 N–H and O–H groups in total. The van der Waals surface area contributed by atoms with Gasteiger partial charge in [-0.25, -0.2) is 0 Å². The Hall–Kier alpha value is -1.00. The molecule has 168 valence electrons. The molecule has 4 bridgehead atoms. The first-order chi connectivity index (χ1) is 14.8. The lowest BCUT2D eigenvalue weighted by Crippen LogP contribution is -2.65. The summed E-state index contributed by atoms with van der Waals surface area (Å²) in [5, 5.41) is 1.70. The highest BCUT2D eigenvalue weighted by molar-refractivity contribution is 8.00. The Morgan fingerprint density at radius 1 is 1.03 bits per heavy atom. The topological polar surface area (TPSA) is 46.3 Å². The van der Waals surface area contributed by atoms with Gasteiger partial charge in [-0.1, -0.05) is 44.2 Å². The van der Waals surface area contributed by atoms with Crippen LogP contribution in [0.1, 0.15) is 70.8 Å². The smallest absolute Gasteiger partial charge is 0.228 e. The van der Waals surface area contributed by atoms with E-state index in [1.807, 2.05) is 0 Å². The zero-order valence-corrected chi connectivity index (χ0v) is 20.0. The van der Waals surface area contributed by atoms with Gasteiger partial charge in [-0.2, -0.15) is 11.8 Å². The highest BCUT2D eigenvalue weighted by atomic mass is 32.2. The summed E-state index contributed by atoms with van der Waals surface area (Å²) in [5.74, 6) is 1.88. The molecule has 1 aromatic rings. The summed E-state index contributed by atoms with van der Waals surface area (Å²) in [6, 6.07) is 11.4. The number of piperidine rings is 1. The summed E-state index contributed by atoms with van der Waals surface area (Å²) >= 11 is 2.30. The van der Waals surface area contributed by atoms with Crippen molar-refractivity contribution in [2.24, 2.45) is 28.4 Å². The Kier molecular flexibility index (Phi) is 4.65. The number of amides is 1. The molecule has 1 amide bonds. The molecular weight excluding hydrogens is 400 g/mol. The molecule has 31 heavy (non-hydrogen) atoms. The van der Waals surface area contributed by atoms with Crippen LogP contribution >= 0.6 is 11.8 Å². The normalized spacial score (nSPS) is 43.3. The minimum absolute atomic E-state index is 0.0116. The first-order valence-corrected chi connectivity index (χ1v) is 13.5. The first kappa shape index (κ1) is 20.6. The standard InChI is InChI=1S/C27H38N2OS/c1-25(2)17-29(11-10-22(25)28)24(30)27-14-18-12-26(16-27,20-6-4-3-5-7-20)13-19(15-27)23(18)31-21-8-9-21/h3-7,18-19,21-23H,8-17,28H2,1-2H3/t18?,19?,22-,23?,26?,27?/m0/s1. The van der Waals surface area contributed by atoms with E-state index in [1.165, 1.54) is 31.2 Å². The van der Waals surface area contributed by atoms with Crippen LogP contribution in [0.4, 0.5) is 0 Å².